The number of aromatic hydroxyl groups is 1. The van der Waals surface area contributed by atoms with Crippen molar-refractivity contribution in [3.63, 3.8) is 0 Å². The second kappa shape index (κ2) is 8.53. The van der Waals surface area contributed by atoms with Crippen LogP contribution in [0.2, 0.25) is 0 Å². The number of phenols is 1. The molecule has 0 spiro atoms. The molecule has 0 saturated carbocycles. The van der Waals surface area contributed by atoms with Gasteiger partial charge in [-0.05, 0) is 65.5 Å². The molecule has 0 amide bonds. The maximum atomic E-state index is 11.5. The second-order valence-electron chi connectivity index (χ2n) is 10.9. The third-order valence-corrected chi connectivity index (χ3v) is 5.95. The summed E-state index contributed by atoms with van der Waals surface area (Å²) in [5.41, 5.74) is 7.25. The van der Waals surface area contributed by atoms with Gasteiger partial charge in [-0.25, -0.2) is 4.79 Å². The van der Waals surface area contributed by atoms with E-state index in [0.29, 0.717) is 11.3 Å². The number of hydrogen-bond donors (Lipinski definition) is 2. The van der Waals surface area contributed by atoms with Crippen LogP contribution < -0.4 is 0 Å². The summed E-state index contributed by atoms with van der Waals surface area (Å²) in [5, 5.41) is 20.7. The van der Waals surface area contributed by atoms with Crippen LogP contribution in [0.15, 0.2) is 29.8 Å². The van der Waals surface area contributed by atoms with E-state index in [0.717, 1.165) is 38.9 Å². The van der Waals surface area contributed by atoms with Crippen molar-refractivity contribution in [2.75, 3.05) is 0 Å². The first-order chi connectivity index (χ1) is 14.1. The number of aliphatic carboxylic acids is 1. The van der Waals surface area contributed by atoms with E-state index in [1.807, 2.05) is 6.07 Å². The summed E-state index contributed by atoms with van der Waals surface area (Å²) in [4.78, 5) is 11.5. The van der Waals surface area contributed by atoms with Gasteiger partial charge < -0.3 is 10.2 Å². The molecule has 0 aliphatic carbocycles. The van der Waals surface area contributed by atoms with Crippen molar-refractivity contribution in [2.24, 2.45) is 0 Å². The van der Waals surface area contributed by atoms with Gasteiger partial charge in [-0.3, -0.25) is 0 Å². The number of aryl methyl sites for hydroxylation is 2. The van der Waals surface area contributed by atoms with E-state index in [4.69, 9.17) is 0 Å². The molecule has 0 aliphatic rings. The minimum Gasteiger partial charge on any atom is -0.507 e. The summed E-state index contributed by atoms with van der Waals surface area (Å²) < 4.78 is 0. The van der Waals surface area contributed by atoms with Crippen LogP contribution in [0, 0.1) is 13.8 Å². The zero-order valence-electron chi connectivity index (χ0n) is 20.8. The van der Waals surface area contributed by atoms with Crippen LogP contribution in [0.3, 0.4) is 0 Å². The van der Waals surface area contributed by atoms with Crippen molar-refractivity contribution in [1.82, 2.24) is 0 Å². The third kappa shape index (κ3) is 5.20. The van der Waals surface area contributed by atoms with Crippen molar-refractivity contribution in [3.05, 3.63) is 68.8 Å². The van der Waals surface area contributed by atoms with Crippen molar-refractivity contribution in [3.8, 4) is 5.75 Å². The monoisotopic (exact) mass is 422 g/mol. The Morgan fingerprint density at radius 3 is 2.06 bits per heavy atom. The van der Waals surface area contributed by atoms with Crippen molar-refractivity contribution in [1.29, 1.82) is 0 Å². The van der Waals surface area contributed by atoms with Crippen LogP contribution in [0.4, 0.5) is 0 Å². The number of benzene rings is 2. The average Bonchev–Trinajstić information content (AvgIpc) is 2.61. The SMILES string of the molecule is CC(=Cc1ccc(C)c(C(C)c2cc(C)cc(C(C)(C)C)c2O)c1C(C)(C)C)C(=O)O. The largest absolute Gasteiger partial charge is 0.507 e. The van der Waals surface area contributed by atoms with E-state index in [9.17, 15) is 15.0 Å². The molecular weight excluding hydrogens is 384 g/mol. The number of carbonyl (C=O) groups is 1. The highest BCUT2D eigenvalue weighted by atomic mass is 16.4. The minimum absolute atomic E-state index is 0.0475. The van der Waals surface area contributed by atoms with Gasteiger partial charge in [-0.1, -0.05) is 78.3 Å². The Morgan fingerprint density at radius 1 is 1.00 bits per heavy atom. The van der Waals surface area contributed by atoms with Gasteiger partial charge in [0, 0.05) is 17.1 Å². The fraction of sp³-hybridized carbons (Fsp3) is 0.464. The van der Waals surface area contributed by atoms with Gasteiger partial charge in [-0.15, -0.1) is 0 Å². The highest BCUT2D eigenvalue weighted by Gasteiger charge is 2.29. The molecule has 168 valence electrons. The number of phenolic OH excluding ortho intramolecular Hbond substituents is 1. The molecule has 2 aromatic rings. The Bertz CT molecular complexity index is 1030. The molecule has 0 saturated heterocycles. The van der Waals surface area contributed by atoms with Crippen molar-refractivity contribution < 1.29 is 15.0 Å². The van der Waals surface area contributed by atoms with E-state index in [1.54, 1.807) is 13.0 Å². The lowest BCUT2D eigenvalue weighted by atomic mass is 9.73. The van der Waals surface area contributed by atoms with E-state index in [-0.39, 0.29) is 16.7 Å². The van der Waals surface area contributed by atoms with E-state index in [1.165, 1.54) is 0 Å². The van der Waals surface area contributed by atoms with E-state index in [2.05, 4.69) is 80.5 Å². The highest BCUT2D eigenvalue weighted by molar-refractivity contribution is 5.91. The fourth-order valence-electron chi connectivity index (χ4n) is 4.41. The van der Waals surface area contributed by atoms with Gasteiger partial charge >= 0.3 is 5.97 Å². The van der Waals surface area contributed by atoms with Crippen LogP contribution in [0.5, 0.6) is 5.75 Å². The lowest BCUT2D eigenvalue weighted by Gasteiger charge is -2.31. The Morgan fingerprint density at radius 2 is 1.58 bits per heavy atom. The standard InChI is InChI=1S/C28H38O3/c1-16-13-21(25(29)22(14-16)27(5,6)7)19(4)23-17(2)11-12-20(15-18(3)26(30)31)24(23)28(8,9)10/h11-15,19,29H,1-10H3,(H,30,31). The van der Waals surface area contributed by atoms with Gasteiger partial charge in [0.1, 0.15) is 5.75 Å². The zero-order chi connectivity index (χ0) is 23.9. The normalized spacial score (nSPS) is 13.9. The number of carboxylic acid groups (broad SMARTS) is 1. The molecule has 2 rings (SSSR count). The molecule has 2 aromatic carbocycles. The molecule has 0 bridgehead atoms. The topological polar surface area (TPSA) is 57.5 Å². The first-order valence-corrected chi connectivity index (χ1v) is 10.9. The van der Waals surface area contributed by atoms with E-state index >= 15 is 0 Å². The average molecular weight is 423 g/mol. The second-order valence-corrected chi connectivity index (χ2v) is 10.9. The third-order valence-electron chi connectivity index (χ3n) is 5.95. The minimum atomic E-state index is -0.916. The molecular formula is C28H38O3. The summed E-state index contributed by atoms with van der Waals surface area (Å²) >= 11 is 0. The molecule has 2 N–H and O–H groups in total. The predicted molar refractivity (Wildman–Crippen MR) is 130 cm³/mol. The maximum absolute atomic E-state index is 11.5. The summed E-state index contributed by atoms with van der Waals surface area (Å²) in [6.07, 6.45) is 1.76. The van der Waals surface area contributed by atoms with Crippen LogP contribution >= 0.6 is 0 Å². The zero-order valence-corrected chi connectivity index (χ0v) is 20.8. The Labute approximate surface area is 187 Å². The molecule has 31 heavy (non-hydrogen) atoms. The van der Waals surface area contributed by atoms with Gasteiger partial charge in [0.25, 0.3) is 0 Å². The summed E-state index contributed by atoms with van der Waals surface area (Å²) in [5.74, 6) is -0.609. The highest BCUT2D eigenvalue weighted by Crippen LogP contribution is 2.44. The molecule has 1 atom stereocenters. The molecule has 1 unspecified atom stereocenters. The van der Waals surface area contributed by atoms with Gasteiger partial charge in [0.15, 0.2) is 0 Å². The smallest absolute Gasteiger partial charge is 0.331 e. The number of carboxylic acids is 1. The molecule has 0 aromatic heterocycles. The predicted octanol–water partition coefficient (Wildman–Crippen LogP) is 7.24. The van der Waals surface area contributed by atoms with Crippen molar-refractivity contribution in [2.45, 2.75) is 86.0 Å². The van der Waals surface area contributed by atoms with Gasteiger partial charge in [0.2, 0.25) is 0 Å². The van der Waals surface area contributed by atoms with Crippen LogP contribution in [0.25, 0.3) is 6.08 Å². The first-order valence-electron chi connectivity index (χ1n) is 10.9. The molecule has 0 aliphatic heterocycles. The molecule has 3 nitrogen and oxygen atoms in total. The molecule has 0 fully saturated rings. The molecule has 0 heterocycles. The fourth-order valence-corrected chi connectivity index (χ4v) is 4.41. The van der Waals surface area contributed by atoms with Crippen LogP contribution in [0.1, 0.15) is 100 Å². The van der Waals surface area contributed by atoms with Gasteiger partial charge in [-0.2, -0.15) is 0 Å². The van der Waals surface area contributed by atoms with Crippen molar-refractivity contribution >= 4 is 12.0 Å². The number of hydrogen-bond acceptors (Lipinski definition) is 2. The van der Waals surface area contributed by atoms with Gasteiger partial charge in [0.05, 0.1) is 0 Å². The van der Waals surface area contributed by atoms with E-state index < -0.39 is 5.97 Å². The Kier molecular flexibility index (Phi) is 6.80. The lowest BCUT2D eigenvalue weighted by Crippen LogP contribution is -2.20. The Hall–Kier alpha value is -2.55. The lowest BCUT2D eigenvalue weighted by molar-refractivity contribution is -0.132. The molecule has 3 heteroatoms. The Balaban J connectivity index is 2.87. The first kappa shape index (κ1) is 24.7. The maximum Gasteiger partial charge on any atom is 0.331 e. The summed E-state index contributed by atoms with van der Waals surface area (Å²) in [6, 6.07) is 8.21. The number of rotatable bonds is 4. The summed E-state index contributed by atoms with van der Waals surface area (Å²) in [7, 11) is 0. The van der Waals surface area contributed by atoms with Crippen LogP contribution in [-0.4, -0.2) is 16.2 Å². The quantitative estimate of drug-likeness (QED) is 0.510. The summed E-state index contributed by atoms with van der Waals surface area (Å²) in [6.45, 7) is 20.7. The van der Waals surface area contributed by atoms with Crippen LogP contribution in [-0.2, 0) is 15.6 Å². The molecule has 0 radical (unpaired) electrons.